The quantitative estimate of drug-likeness (QED) is 0.310. The maximum atomic E-state index is 12.5. The van der Waals surface area contributed by atoms with Crippen LogP contribution in [0.5, 0.6) is 0 Å². The van der Waals surface area contributed by atoms with Crippen LogP contribution >= 0.6 is 0 Å². The first-order chi connectivity index (χ1) is 14.3. The maximum absolute atomic E-state index is 12.5. The number of carbonyl (C=O) groups is 2. The van der Waals surface area contributed by atoms with Gasteiger partial charge in [0.1, 0.15) is 6.04 Å². The minimum absolute atomic E-state index is 0.0710. The number of hydroxylamine groups is 3. The van der Waals surface area contributed by atoms with Crippen LogP contribution in [0, 0.1) is 5.92 Å². The van der Waals surface area contributed by atoms with Gasteiger partial charge in [-0.1, -0.05) is 5.21 Å². The van der Waals surface area contributed by atoms with E-state index in [2.05, 4.69) is 25.4 Å². The topological polar surface area (TPSA) is 168 Å². The number of hydrogen-bond donors (Lipinski definition) is 3. The Morgan fingerprint density at radius 3 is 2.97 bits per heavy atom. The molecule has 0 radical (unpaired) electrons. The Hall–Kier alpha value is -2.33. The average Bonchev–Trinajstić information content (AvgIpc) is 3.40. The van der Waals surface area contributed by atoms with E-state index in [4.69, 9.17) is 9.39 Å². The molecular weight excluding hydrogens is 422 g/mol. The molecule has 2 unspecified atom stereocenters. The van der Waals surface area contributed by atoms with Gasteiger partial charge in [0, 0.05) is 31.9 Å². The Morgan fingerprint density at radius 2 is 2.23 bits per heavy atom. The standard InChI is InChI=1S/C15H23N7O7S/c23-14(13-2-1-12-8-21(13)15(24)22(12)29-30(25,26)27)18-28-9-11-5-10(6-16-11)7-20-4-3-17-19-20/h3-4,10-13,16H,1-2,5-9H2,(H,18,23)(H,25,26,27)/t10-,11+,12?,13?/m1/s1. The van der Waals surface area contributed by atoms with Crippen molar-refractivity contribution < 1.29 is 31.7 Å². The van der Waals surface area contributed by atoms with Crippen molar-refractivity contribution in [3.63, 3.8) is 0 Å². The summed E-state index contributed by atoms with van der Waals surface area (Å²) < 4.78 is 36.8. The molecule has 3 aliphatic rings. The number of urea groups is 1. The van der Waals surface area contributed by atoms with Gasteiger partial charge in [-0.3, -0.25) is 18.9 Å². The summed E-state index contributed by atoms with van der Waals surface area (Å²) in [4.78, 5) is 31.4. The summed E-state index contributed by atoms with van der Waals surface area (Å²) in [7, 11) is -4.82. The molecule has 3 N–H and O–H groups in total. The second kappa shape index (κ2) is 8.43. The molecule has 15 heteroatoms. The molecule has 3 amide bonds. The van der Waals surface area contributed by atoms with Gasteiger partial charge in [0.25, 0.3) is 5.91 Å². The lowest BCUT2D eigenvalue weighted by Gasteiger charge is -2.29. The first-order valence-corrected chi connectivity index (χ1v) is 10.9. The summed E-state index contributed by atoms with van der Waals surface area (Å²) in [5.41, 5.74) is 2.38. The number of carbonyl (C=O) groups excluding carboxylic acids is 2. The highest BCUT2D eigenvalue weighted by atomic mass is 32.3. The normalized spacial score (nSPS) is 28.9. The molecule has 4 atom stereocenters. The SMILES string of the molecule is O=C(NOC[C@@H]1C[C@@H](Cn2ccnn2)CN1)C1CCC2CN1C(=O)N2OS(=O)(=O)O. The Labute approximate surface area is 172 Å². The van der Waals surface area contributed by atoms with Gasteiger partial charge < -0.3 is 10.2 Å². The summed E-state index contributed by atoms with van der Waals surface area (Å²) in [6.07, 6.45) is 4.96. The van der Waals surface area contributed by atoms with Gasteiger partial charge in [0.2, 0.25) is 0 Å². The molecule has 2 bridgehead atoms. The van der Waals surface area contributed by atoms with Crippen LogP contribution in [0.15, 0.2) is 12.4 Å². The second-order valence-corrected chi connectivity index (χ2v) is 8.62. The first kappa shape index (κ1) is 20.9. The first-order valence-electron chi connectivity index (χ1n) is 9.56. The maximum Gasteiger partial charge on any atom is 0.418 e. The second-order valence-electron chi connectivity index (χ2n) is 7.62. The minimum Gasteiger partial charge on any atom is -0.311 e. The van der Waals surface area contributed by atoms with Crippen molar-refractivity contribution >= 4 is 22.3 Å². The van der Waals surface area contributed by atoms with Gasteiger partial charge in [0.15, 0.2) is 0 Å². The predicted molar refractivity (Wildman–Crippen MR) is 97.4 cm³/mol. The molecule has 1 aromatic heterocycles. The van der Waals surface area contributed by atoms with E-state index in [0.29, 0.717) is 23.8 Å². The molecule has 3 saturated heterocycles. The number of hydrogen-bond acceptors (Lipinski definition) is 9. The van der Waals surface area contributed by atoms with E-state index in [1.807, 2.05) is 0 Å². The van der Waals surface area contributed by atoms with Crippen molar-refractivity contribution in [3.8, 4) is 0 Å². The third-order valence-corrected chi connectivity index (χ3v) is 5.84. The fraction of sp³-hybridized carbons (Fsp3) is 0.733. The van der Waals surface area contributed by atoms with E-state index in [1.165, 1.54) is 4.90 Å². The van der Waals surface area contributed by atoms with Gasteiger partial charge in [-0.15, -0.1) is 9.38 Å². The lowest BCUT2D eigenvalue weighted by Crippen LogP contribution is -2.50. The van der Waals surface area contributed by atoms with Gasteiger partial charge >= 0.3 is 16.4 Å². The largest absolute Gasteiger partial charge is 0.418 e. The van der Waals surface area contributed by atoms with E-state index in [0.717, 1.165) is 19.5 Å². The number of amides is 3. The van der Waals surface area contributed by atoms with Gasteiger partial charge in [-0.25, -0.2) is 10.3 Å². The number of fused-ring (bicyclic) bond motifs is 2. The van der Waals surface area contributed by atoms with Crippen molar-refractivity contribution in [1.29, 1.82) is 0 Å². The van der Waals surface area contributed by atoms with Crippen molar-refractivity contribution in [2.75, 3.05) is 19.7 Å². The average molecular weight is 445 g/mol. The molecule has 14 nitrogen and oxygen atoms in total. The van der Waals surface area contributed by atoms with Crippen molar-refractivity contribution in [3.05, 3.63) is 12.4 Å². The van der Waals surface area contributed by atoms with Crippen molar-refractivity contribution in [2.24, 2.45) is 5.92 Å². The molecule has 0 aromatic carbocycles. The van der Waals surface area contributed by atoms with E-state index in [9.17, 15) is 18.0 Å². The van der Waals surface area contributed by atoms with Crippen molar-refractivity contribution in [1.82, 2.24) is 35.8 Å². The molecule has 0 spiro atoms. The molecule has 166 valence electrons. The summed E-state index contributed by atoms with van der Waals surface area (Å²) in [6, 6.07) is -2.07. The third-order valence-electron chi connectivity index (χ3n) is 5.49. The van der Waals surface area contributed by atoms with Gasteiger partial charge in [-0.05, 0) is 25.2 Å². The molecule has 0 aliphatic carbocycles. The van der Waals surface area contributed by atoms with E-state index in [1.54, 1.807) is 17.1 Å². The monoisotopic (exact) mass is 445 g/mol. The van der Waals surface area contributed by atoms with Crippen LogP contribution in [-0.2, 0) is 30.9 Å². The molecular formula is C15H23N7O7S. The molecule has 30 heavy (non-hydrogen) atoms. The van der Waals surface area contributed by atoms with Gasteiger partial charge in [-0.2, -0.15) is 13.5 Å². The predicted octanol–water partition coefficient (Wildman–Crippen LogP) is -1.69. The van der Waals surface area contributed by atoms with Gasteiger partial charge in [0.05, 0.1) is 18.8 Å². The molecule has 3 fully saturated rings. The summed E-state index contributed by atoms with van der Waals surface area (Å²) >= 11 is 0. The van der Waals surface area contributed by atoms with Crippen LogP contribution < -0.4 is 10.8 Å². The highest BCUT2D eigenvalue weighted by Gasteiger charge is 2.49. The fourth-order valence-electron chi connectivity index (χ4n) is 4.15. The van der Waals surface area contributed by atoms with Crippen molar-refractivity contribution in [2.45, 2.75) is 43.9 Å². The lowest BCUT2D eigenvalue weighted by atomic mass is 10.0. The molecule has 3 aliphatic heterocycles. The number of piperidine rings is 1. The van der Waals surface area contributed by atoms with E-state index in [-0.39, 0.29) is 19.2 Å². The van der Waals surface area contributed by atoms with Crippen LogP contribution in [0.2, 0.25) is 0 Å². The Kier molecular flexibility index (Phi) is 5.88. The zero-order valence-electron chi connectivity index (χ0n) is 16.0. The Morgan fingerprint density at radius 1 is 1.40 bits per heavy atom. The highest BCUT2D eigenvalue weighted by molar-refractivity contribution is 7.80. The Balaban J connectivity index is 1.22. The third kappa shape index (κ3) is 4.70. The van der Waals surface area contributed by atoms with E-state index < -0.39 is 34.4 Å². The Bertz CT molecular complexity index is 880. The van der Waals surface area contributed by atoms with Crippen LogP contribution in [-0.4, -0.2) is 87.7 Å². The van der Waals surface area contributed by atoms with E-state index >= 15 is 0 Å². The minimum atomic E-state index is -4.82. The molecule has 4 heterocycles. The number of nitrogens with zero attached hydrogens (tertiary/aromatic N) is 5. The molecule has 0 saturated carbocycles. The van der Waals surface area contributed by atoms with Crippen LogP contribution in [0.25, 0.3) is 0 Å². The highest BCUT2D eigenvalue weighted by Crippen LogP contribution is 2.30. The lowest BCUT2D eigenvalue weighted by molar-refractivity contribution is -0.139. The smallest absolute Gasteiger partial charge is 0.311 e. The summed E-state index contributed by atoms with van der Waals surface area (Å²) in [5.74, 6) is -0.116. The summed E-state index contributed by atoms with van der Waals surface area (Å²) in [5, 5.41) is 11.7. The van der Waals surface area contributed by atoms with Crippen LogP contribution in [0.1, 0.15) is 19.3 Å². The number of nitrogens with one attached hydrogen (secondary N) is 2. The zero-order chi connectivity index (χ0) is 21.3. The fourth-order valence-corrected chi connectivity index (χ4v) is 4.54. The summed E-state index contributed by atoms with van der Waals surface area (Å²) in [6.45, 7) is 1.94. The zero-order valence-corrected chi connectivity index (χ0v) is 16.8. The number of aromatic nitrogens is 3. The number of rotatable bonds is 8. The van der Waals surface area contributed by atoms with Crippen LogP contribution in [0.3, 0.4) is 0 Å². The van der Waals surface area contributed by atoms with Crippen LogP contribution in [0.4, 0.5) is 4.79 Å². The molecule has 1 aromatic rings. The molecule has 4 rings (SSSR count).